The third-order valence-corrected chi connectivity index (χ3v) is 2.10. The molecule has 0 saturated heterocycles. The highest BCUT2D eigenvalue weighted by Gasteiger charge is 2.02. The molecule has 1 aromatic rings. The summed E-state index contributed by atoms with van der Waals surface area (Å²) >= 11 is 5.04. The molecule has 2 nitrogen and oxygen atoms in total. The molecule has 1 rings (SSSR count). The van der Waals surface area contributed by atoms with E-state index in [-0.39, 0.29) is 0 Å². The zero-order valence-corrected chi connectivity index (χ0v) is 8.55. The number of aromatic nitrogens is 2. The van der Waals surface area contributed by atoms with E-state index < -0.39 is 0 Å². The summed E-state index contributed by atoms with van der Waals surface area (Å²) in [4.78, 5) is 6.38. The van der Waals surface area contributed by atoms with Crippen LogP contribution in [-0.4, -0.2) is 9.97 Å². The maximum atomic E-state index is 5.04. The summed E-state index contributed by atoms with van der Waals surface area (Å²) in [6.07, 6.45) is 4.53. The fraction of sp³-hybridized carbons (Fsp3) is 0.667. The fourth-order valence-corrected chi connectivity index (χ4v) is 1.63. The molecule has 1 heterocycles. The van der Waals surface area contributed by atoms with Gasteiger partial charge in [0.15, 0.2) is 4.77 Å². The summed E-state index contributed by atoms with van der Waals surface area (Å²) in [6.45, 7) is 4.36. The number of imidazole rings is 1. The van der Waals surface area contributed by atoms with Crippen LogP contribution in [0.3, 0.4) is 0 Å². The van der Waals surface area contributed by atoms with Gasteiger partial charge in [-0.05, 0) is 25.1 Å². The van der Waals surface area contributed by atoms with Crippen molar-refractivity contribution in [2.45, 2.75) is 39.5 Å². The minimum Gasteiger partial charge on any atom is -0.334 e. The lowest BCUT2D eigenvalue weighted by Crippen LogP contribution is -1.91. The molecular weight excluding hydrogens is 168 g/mol. The third kappa shape index (κ3) is 2.21. The zero-order chi connectivity index (χ0) is 8.97. The molecule has 0 atom stereocenters. The average molecular weight is 184 g/mol. The summed E-state index contributed by atoms with van der Waals surface area (Å²) in [5.41, 5.74) is 2.59. The smallest absolute Gasteiger partial charge is 0.174 e. The van der Waals surface area contributed by atoms with Gasteiger partial charge in [-0.15, -0.1) is 0 Å². The SMILES string of the molecule is CCCc1[nH]c(=S)[nH]c1CCC. The highest BCUT2D eigenvalue weighted by atomic mass is 32.1. The van der Waals surface area contributed by atoms with Gasteiger partial charge in [0.05, 0.1) is 0 Å². The number of H-pyrrole nitrogens is 2. The first kappa shape index (κ1) is 9.52. The van der Waals surface area contributed by atoms with Gasteiger partial charge in [-0.25, -0.2) is 0 Å². The molecule has 68 valence electrons. The summed E-state index contributed by atoms with van der Waals surface area (Å²) in [5, 5.41) is 0. The van der Waals surface area contributed by atoms with Crippen LogP contribution in [-0.2, 0) is 12.8 Å². The van der Waals surface area contributed by atoms with Gasteiger partial charge in [-0.3, -0.25) is 0 Å². The molecule has 12 heavy (non-hydrogen) atoms. The van der Waals surface area contributed by atoms with Gasteiger partial charge in [0.2, 0.25) is 0 Å². The van der Waals surface area contributed by atoms with Crippen LogP contribution in [0.15, 0.2) is 0 Å². The Morgan fingerprint density at radius 3 is 1.75 bits per heavy atom. The van der Waals surface area contributed by atoms with Gasteiger partial charge >= 0.3 is 0 Å². The molecular formula is C9H16N2S. The maximum absolute atomic E-state index is 5.04. The van der Waals surface area contributed by atoms with E-state index in [1.807, 2.05) is 0 Å². The molecule has 0 spiro atoms. The second kappa shape index (κ2) is 4.45. The molecule has 1 aromatic heterocycles. The van der Waals surface area contributed by atoms with Crippen LogP contribution < -0.4 is 0 Å². The lowest BCUT2D eigenvalue weighted by molar-refractivity contribution is 0.831. The second-order valence-corrected chi connectivity index (χ2v) is 3.44. The van der Waals surface area contributed by atoms with Crippen molar-refractivity contribution < 1.29 is 0 Å². The van der Waals surface area contributed by atoms with Crippen molar-refractivity contribution in [2.24, 2.45) is 0 Å². The van der Waals surface area contributed by atoms with Gasteiger partial charge in [0.25, 0.3) is 0 Å². The quantitative estimate of drug-likeness (QED) is 0.693. The van der Waals surface area contributed by atoms with Crippen LogP contribution in [0.2, 0.25) is 0 Å². The highest BCUT2D eigenvalue weighted by molar-refractivity contribution is 7.71. The van der Waals surface area contributed by atoms with Crippen LogP contribution in [0.1, 0.15) is 38.1 Å². The number of rotatable bonds is 4. The monoisotopic (exact) mass is 184 g/mol. The highest BCUT2D eigenvalue weighted by Crippen LogP contribution is 2.08. The van der Waals surface area contributed by atoms with Crippen molar-refractivity contribution in [3.8, 4) is 0 Å². The van der Waals surface area contributed by atoms with E-state index in [4.69, 9.17) is 12.2 Å². The first-order chi connectivity index (χ1) is 5.77. The minimum atomic E-state index is 0.766. The van der Waals surface area contributed by atoms with E-state index in [0.29, 0.717) is 0 Å². The van der Waals surface area contributed by atoms with Crippen molar-refractivity contribution >= 4 is 12.2 Å². The normalized spacial score (nSPS) is 10.5. The molecule has 0 aliphatic carbocycles. The van der Waals surface area contributed by atoms with E-state index in [2.05, 4.69) is 23.8 Å². The molecule has 0 fully saturated rings. The Morgan fingerprint density at radius 2 is 1.42 bits per heavy atom. The molecule has 0 aliphatic rings. The summed E-state index contributed by atoms with van der Waals surface area (Å²) < 4.78 is 0.766. The summed E-state index contributed by atoms with van der Waals surface area (Å²) in [5.74, 6) is 0. The van der Waals surface area contributed by atoms with Crippen LogP contribution in [0.4, 0.5) is 0 Å². The zero-order valence-electron chi connectivity index (χ0n) is 7.74. The fourth-order valence-electron chi connectivity index (χ4n) is 1.38. The van der Waals surface area contributed by atoms with Crippen molar-refractivity contribution in [3.05, 3.63) is 16.2 Å². The number of hydrogen-bond acceptors (Lipinski definition) is 1. The molecule has 0 aromatic carbocycles. The average Bonchev–Trinajstić information content (AvgIpc) is 2.33. The Morgan fingerprint density at radius 1 is 1.00 bits per heavy atom. The van der Waals surface area contributed by atoms with Gasteiger partial charge in [-0.2, -0.15) is 0 Å². The topological polar surface area (TPSA) is 31.6 Å². The molecule has 0 bridgehead atoms. The van der Waals surface area contributed by atoms with Crippen molar-refractivity contribution in [3.63, 3.8) is 0 Å². The maximum Gasteiger partial charge on any atom is 0.174 e. The van der Waals surface area contributed by atoms with Crippen molar-refractivity contribution in [1.82, 2.24) is 9.97 Å². The van der Waals surface area contributed by atoms with E-state index in [1.165, 1.54) is 24.2 Å². The van der Waals surface area contributed by atoms with E-state index in [0.717, 1.165) is 17.6 Å². The summed E-state index contributed by atoms with van der Waals surface area (Å²) in [6, 6.07) is 0. The van der Waals surface area contributed by atoms with Crippen LogP contribution in [0, 0.1) is 4.77 Å². The standard InChI is InChI=1S/C9H16N2S/c1-3-5-7-8(6-4-2)11-9(12)10-7/h3-6H2,1-2H3,(H2,10,11,12). The van der Waals surface area contributed by atoms with E-state index in [9.17, 15) is 0 Å². The number of hydrogen-bond donors (Lipinski definition) is 2. The van der Waals surface area contributed by atoms with Crippen molar-refractivity contribution in [1.29, 1.82) is 0 Å². The van der Waals surface area contributed by atoms with Crippen LogP contribution >= 0.6 is 12.2 Å². The molecule has 0 saturated carbocycles. The molecule has 0 unspecified atom stereocenters. The largest absolute Gasteiger partial charge is 0.334 e. The predicted octanol–water partition coefficient (Wildman–Crippen LogP) is 2.98. The number of aryl methyl sites for hydroxylation is 2. The Hall–Kier alpha value is -0.570. The van der Waals surface area contributed by atoms with Crippen LogP contribution in [0.5, 0.6) is 0 Å². The van der Waals surface area contributed by atoms with Gasteiger partial charge in [0, 0.05) is 11.4 Å². The Bertz CT molecular complexity index is 258. The molecule has 0 radical (unpaired) electrons. The lowest BCUT2D eigenvalue weighted by Gasteiger charge is -1.98. The first-order valence-electron chi connectivity index (χ1n) is 4.58. The minimum absolute atomic E-state index is 0.766. The summed E-state index contributed by atoms with van der Waals surface area (Å²) in [7, 11) is 0. The first-order valence-corrected chi connectivity index (χ1v) is 4.98. The molecule has 3 heteroatoms. The second-order valence-electron chi connectivity index (χ2n) is 3.04. The Labute approximate surface area is 78.4 Å². The number of nitrogens with one attached hydrogen (secondary N) is 2. The van der Waals surface area contributed by atoms with Gasteiger partial charge in [0.1, 0.15) is 0 Å². The van der Waals surface area contributed by atoms with Gasteiger partial charge in [-0.1, -0.05) is 26.7 Å². The molecule has 2 N–H and O–H groups in total. The van der Waals surface area contributed by atoms with Crippen molar-refractivity contribution in [2.75, 3.05) is 0 Å². The molecule has 0 aliphatic heterocycles. The molecule has 0 amide bonds. The predicted molar refractivity (Wildman–Crippen MR) is 54.0 cm³/mol. The van der Waals surface area contributed by atoms with E-state index in [1.54, 1.807) is 0 Å². The van der Waals surface area contributed by atoms with E-state index >= 15 is 0 Å². The Balaban J connectivity index is 2.84. The lowest BCUT2D eigenvalue weighted by atomic mass is 10.1. The Kier molecular flexibility index (Phi) is 3.53. The third-order valence-electron chi connectivity index (χ3n) is 1.89. The number of aromatic amines is 2. The van der Waals surface area contributed by atoms with Crippen LogP contribution in [0.25, 0.3) is 0 Å². The van der Waals surface area contributed by atoms with Gasteiger partial charge < -0.3 is 9.97 Å².